The summed E-state index contributed by atoms with van der Waals surface area (Å²) in [5.74, 6) is 1.54. The second-order valence-electron chi connectivity index (χ2n) is 9.66. The number of carbonyl (C=O) groups is 1. The number of alkyl carbamates (subject to hydrolysis) is 1. The van der Waals surface area contributed by atoms with Gasteiger partial charge in [-0.25, -0.2) is 9.10 Å². The summed E-state index contributed by atoms with van der Waals surface area (Å²) in [6.45, 7) is 13.0. The Balaban J connectivity index is 1.29. The summed E-state index contributed by atoms with van der Waals surface area (Å²) in [5, 5.41) is 11.5. The largest absolute Gasteiger partial charge is 0.444 e. The molecule has 1 aliphatic heterocycles. The van der Waals surface area contributed by atoms with Gasteiger partial charge in [-0.1, -0.05) is 42.5 Å². The third-order valence-corrected chi connectivity index (χ3v) is 6.91. The molecule has 8 nitrogen and oxygen atoms in total. The molecule has 2 aromatic carbocycles. The maximum Gasteiger partial charge on any atom is 0.407 e. The SMILES string of the molecule is Cc1ccc(-c2nnc(-c3ccccc3)[nH]2)cc1SN1CCN(CCNC(=O)OC(C)(C)C)CC1. The molecule has 1 fully saturated rings. The zero-order valence-corrected chi connectivity index (χ0v) is 21.7. The number of nitrogens with one attached hydrogen (secondary N) is 2. The van der Waals surface area contributed by atoms with Crippen LogP contribution in [-0.4, -0.2) is 75.3 Å². The van der Waals surface area contributed by atoms with E-state index in [-0.39, 0.29) is 6.09 Å². The van der Waals surface area contributed by atoms with Gasteiger partial charge in [0.2, 0.25) is 0 Å². The van der Waals surface area contributed by atoms with Crippen LogP contribution >= 0.6 is 11.9 Å². The first-order valence-corrected chi connectivity index (χ1v) is 12.8. The Labute approximate surface area is 211 Å². The lowest BCUT2D eigenvalue weighted by molar-refractivity contribution is 0.0520. The molecule has 0 radical (unpaired) electrons. The number of H-pyrrole nitrogens is 1. The van der Waals surface area contributed by atoms with Gasteiger partial charge in [-0.2, -0.15) is 0 Å². The van der Waals surface area contributed by atoms with Gasteiger partial charge in [-0.15, -0.1) is 10.2 Å². The van der Waals surface area contributed by atoms with Crippen LogP contribution in [0.1, 0.15) is 26.3 Å². The van der Waals surface area contributed by atoms with Gasteiger partial charge in [-0.3, -0.25) is 4.90 Å². The van der Waals surface area contributed by atoms with Crippen molar-refractivity contribution in [2.45, 2.75) is 38.2 Å². The molecular weight excluding hydrogens is 460 g/mol. The van der Waals surface area contributed by atoms with E-state index in [1.807, 2.05) is 51.1 Å². The lowest BCUT2D eigenvalue weighted by atomic mass is 10.1. The monoisotopic (exact) mass is 494 g/mol. The molecule has 3 aromatic rings. The lowest BCUT2D eigenvalue weighted by Crippen LogP contribution is -2.46. The van der Waals surface area contributed by atoms with Gasteiger partial charge < -0.3 is 15.0 Å². The van der Waals surface area contributed by atoms with Gasteiger partial charge >= 0.3 is 6.09 Å². The van der Waals surface area contributed by atoms with Crippen LogP contribution in [0.2, 0.25) is 0 Å². The minimum atomic E-state index is -0.472. The fourth-order valence-corrected chi connectivity index (χ4v) is 4.79. The van der Waals surface area contributed by atoms with Gasteiger partial charge in [-0.05, 0) is 51.3 Å². The molecule has 1 aromatic heterocycles. The van der Waals surface area contributed by atoms with Crippen LogP contribution in [0.25, 0.3) is 22.8 Å². The minimum Gasteiger partial charge on any atom is -0.444 e. The van der Waals surface area contributed by atoms with Gasteiger partial charge in [0, 0.05) is 55.3 Å². The Kier molecular flexibility index (Phi) is 8.10. The number of aromatic nitrogens is 3. The molecule has 9 heteroatoms. The van der Waals surface area contributed by atoms with Crippen molar-refractivity contribution < 1.29 is 9.53 Å². The molecule has 4 rings (SSSR count). The van der Waals surface area contributed by atoms with E-state index in [0.29, 0.717) is 6.54 Å². The number of benzene rings is 2. The number of hydrogen-bond acceptors (Lipinski definition) is 7. The third kappa shape index (κ3) is 7.30. The molecule has 0 atom stereocenters. The van der Waals surface area contributed by atoms with E-state index < -0.39 is 5.60 Å². The fourth-order valence-electron chi connectivity index (χ4n) is 3.78. The minimum absolute atomic E-state index is 0.357. The van der Waals surface area contributed by atoms with Crippen molar-refractivity contribution in [3.8, 4) is 22.8 Å². The molecule has 2 heterocycles. The van der Waals surface area contributed by atoms with Crippen molar-refractivity contribution in [3.63, 3.8) is 0 Å². The number of aromatic amines is 1. The molecule has 0 unspecified atom stereocenters. The van der Waals surface area contributed by atoms with Gasteiger partial charge in [0.25, 0.3) is 0 Å². The van der Waals surface area contributed by atoms with Crippen LogP contribution < -0.4 is 5.32 Å². The van der Waals surface area contributed by atoms with E-state index in [4.69, 9.17) is 4.74 Å². The predicted molar refractivity (Wildman–Crippen MR) is 140 cm³/mol. The van der Waals surface area contributed by atoms with Crippen LogP contribution in [0, 0.1) is 6.92 Å². The van der Waals surface area contributed by atoms with Crippen molar-refractivity contribution >= 4 is 18.0 Å². The summed E-state index contributed by atoms with van der Waals surface area (Å²) in [6, 6.07) is 16.4. The maximum absolute atomic E-state index is 11.8. The Morgan fingerprint density at radius 2 is 1.71 bits per heavy atom. The molecule has 186 valence electrons. The van der Waals surface area contributed by atoms with Crippen molar-refractivity contribution in [1.29, 1.82) is 0 Å². The second-order valence-corrected chi connectivity index (χ2v) is 10.8. The molecule has 0 saturated carbocycles. The lowest BCUT2D eigenvalue weighted by Gasteiger charge is -2.34. The molecule has 0 spiro atoms. The summed E-state index contributed by atoms with van der Waals surface area (Å²) in [5.41, 5.74) is 2.82. The van der Waals surface area contributed by atoms with Crippen LogP contribution in [-0.2, 0) is 4.74 Å². The molecular formula is C26H34N6O2S. The number of rotatable bonds is 7. The molecule has 2 N–H and O–H groups in total. The Morgan fingerprint density at radius 3 is 2.40 bits per heavy atom. The first kappa shape index (κ1) is 25.2. The number of nitrogens with zero attached hydrogens (tertiary/aromatic N) is 4. The zero-order chi connectivity index (χ0) is 24.8. The average Bonchev–Trinajstić information content (AvgIpc) is 3.31. The molecule has 1 amide bonds. The Morgan fingerprint density at radius 1 is 1.03 bits per heavy atom. The quantitative estimate of drug-likeness (QED) is 0.464. The number of amides is 1. The normalized spacial score (nSPS) is 15.2. The van der Waals surface area contributed by atoms with E-state index in [9.17, 15) is 4.79 Å². The molecule has 35 heavy (non-hydrogen) atoms. The average molecular weight is 495 g/mol. The van der Waals surface area contributed by atoms with E-state index in [0.717, 1.165) is 55.5 Å². The highest BCUT2D eigenvalue weighted by Crippen LogP contribution is 2.31. The molecule has 1 aliphatic rings. The van der Waals surface area contributed by atoms with E-state index >= 15 is 0 Å². The summed E-state index contributed by atoms with van der Waals surface area (Å²) in [6.07, 6.45) is -0.357. The number of hydrogen-bond donors (Lipinski definition) is 2. The Bertz CT molecular complexity index is 1120. The standard InChI is InChI=1S/C26H34N6O2S/c1-19-10-11-21(24-28-23(29-30-24)20-8-6-5-7-9-20)18-22(19)35-32-16-14-31(15-17-32)13-12-27-25(33)34-26(2,3)4/h5-11,18H,12-17H2,1-4H3,(H,27,33)(H,28,29,30). The highest BCUT2D eigenvalue weighted by Gasteiger charge is 2.20. The van der Waals surface area contributed by atoms with Crippen LogP contribution in [0.15, 0.2) is 53.4 Å². The summed E-state index contributed by atoms with van der Waals surface area (Å²) in [7, 11) is 0. The number of aryl methyl sites for hydroxylation is 1. The van der Waals surface area contributed by atoms with Gasteiger partial charge in [0.05, 0.1) is 0 Å². The highest BCUT2D eigenvalue weighted by molar-refractivity contribution is 7.97. The summed E-state index contributed by atoms with van der Waals surface area (Å²) >= 11 is 1.80. The van der Waals surface area contributed by atoms with Crippen LogP contribution in [0.4, 0.5) is 4.79 Å². The Hall–Kier alpha value is -2.88. The van der Waals surface area contributed by atoms with E-state index in [1.165, 1.54) is 10.5 Å². The number of piperazine rings is 1. The van der Waals surface area contributed by atoms with Crippen LogP contribution in [0.5, 0.6) is 0 Å². The van der Waals surface area contributed by atoms with Crippen molar-refractivity contribution in [2.24, 2.45) is 0 Å². The number of carbonyl (C=O) groups excluding carboxylic acids is 1. The second kappa shape index (κ2) is 11.2. The third-order valence-electron chi connectivity index (χ3n) is 5.65. The van der Waals surface area contributed by atoms with Gasteiger partial charge in [0.1, 0.15) is 5.60 Å². The van der Waals surface area contributed by atoms with Crippen molar-refractivity contribution in [1.82, 2.24) is 29.7 Å². The first-order valence-electron chi connectivity index (χ1n) is 12.0. The highest BCUT2D eigenvalue weighted by atomic mass is 32.2. The zero-order valence-electron chi connectivity index (χ0n) is 20.9. The molecule has 1 saturated heterocycles. The maximum atomic E-state index is 11.8. The van der Waals surface area contributed by atoms with Crippen LogP contribution in [0.3, 0.4) is 0 Å². The predicted octanol–water partition coefficient (Wildman–Crippen LogP) is 4.60. The molecule has 0 aliphatic carbocycles. The van der Waals surface area contributed by atoms with E-state index in [1.54, 1.807) is 11.9 Å². The first-order chi connectivity index (χ1) is 16.8. The topological polar surface area (TPSA) is 86.4 Å². The van der Waals surface area contributed by atoms with Gasteiger partial charge in [0.15, 0.2) is 11.6 Å². The van der Waals surface area contributed by atoms with Crippen molar-refractivity contribution in [3.05, 3.63) is 54.1 Å². The van der Waals surface area contributed by atoms with Crippen molar-refractivity contribution in [2.75, 3.05) is 39.3 Å². The van der Waals surface area contributed by atoms with E-state index in [2.05, 4.69) is 54.8 Å². The number of ether oxygens (including phenoxy) is 1. The smallest absolute Gasteiger partial charge is 0.407 e. The fraction of sp³-hybridized carbons (Fsp3) is 0.423. The molecule has 0 bridgehead atoms. The summed E-state index contributed by atoms with van der Waals surface area (Å²) < 4.78 is 7.70. The summed E-state index contributed by atoms with van der Waals surface area (Å²) in [4.78, 5) is 18.8.